The first kappa shape index (κ1) is 20.2. The minimum absolute atomic E-state index is 0.0509. The topological polar surface area (TPSA) is 113 Å². The van der Waals surface area contributed by atoms with Gasteiger partial charge in [-0.2, -0.15) is 0 Å². The number of aromatic amines is 2. The minimum atomic E-state index is -0.332. The predicted molar refractivity (Wildman–Crippen MR) is 113 cm³/mol. The van der Waals surface area contributed by atoms with Crippen molar-refractivity contribution in [3.05, 3.63) is 64.1 Å². The SMILES string of the molecule is CN(C(=O)Cc1ccc2[nH]c(=O)[nH]c2c1)[C@H](CN1CC[C@H](O)C1)c1ccc(O)cc1. The maximum atomic E-state index is 13.1. The van der Waals surface area contributed by atoms with Gasteiger partial charge in [-0.15, -0.1) is 0 Å². The van der Waals surface area contributed by atoms with Gasteiger partial charge >= 0.3 is 5.69 Å². The summed E-state index contributed by atoms with van der Waals surface area (Å²) < 4.78 is 0. The molecule has 4 N–H and O–H groups in total. The number of imidazole rings is 1. The lowest BCUT2D eigenvalue weighted by molar-refractivity contribution is -0.131. The lowest BCUT2D eigenvalue weighted by Gasteiger charge is -2.32. The molecule has 2 heterocycles. The summed E-state index contributed by atoms with van der Waals surface area (Å²) in [5.41, 5.74) is 2.85. The lowest BCUT2D eigenvalue weighted by Crippen LogP contribution is -2.39. The summed E-state index contributed by atoms with van der Waals surface area (Å²) in [5.74, 6) is 0.127. The Balaban J connectivity index is 1.54. The van der Waals surface area contributed by atoms with Crippen LogP contribution in [0.2, 0.25) is 0 Å². The number of carbonyl (C=O) groups excluding carboxylic acids is 1. The van der Waals surface area contributed by atoms with Gasteiger partial charge in [0, 0.05) is 26.7 Å². The van der Waals surface area contributed by atoms with Crippen molar-refractivity contribution in [2.75, 3.05) is 26.7 Å². The average molecular weight is 410 g/mol. The molecule has 1 aliphatic rings. The van der Waals surface area contributed by atoms with Gasteiger partial charge in [-0.1, -0.05) is 18.2 Å². The van der Waals surface area contributed by atoms with Gasteiger partial charge in [-0.25, -0.2) is 4.79 Å². The molecular weight excluding hydrogens is 384 g/mol. The number of aliphatic hydroxyl groups excluding tert-OH is 1. The summed E-state index contributed by atoms with van der Waals surface area (Å²) in [5, 5.41) is 19.5. The molecule has 8 nitrogen and oxygen atoms in total. The number of carbonyl (C=O) groups is 1. The van der Waals surface area contributed by atoms with Gasteiger partial charge in [0.1, 0.15) is 5.75 Å². The second kappa shape index (κ2) is 8.33. The van der Waals surface area contributed by atoms with Gasteiger partial charge in [0.15, 0.2) is 0 Å². The Bertz CT molecular complexity index is 1090. The number of phenols is 1. The molecule has 1 aliphatic heterocycles. The van der Waals surface area contributed by atoms with Crippen LogP contribution in [0.15, 0.2) is 47.3 Å². The Morgan fingerprint density at radius 2 is 1.93 bits per heavy atom. The molecule has 0 radical (unpaired) electrons. The number of hydrogen-bond donors (Lipinski definition) is 4. The van der Waals surface area contributed by atoms with Gasteiger partial charge in [0.25, 0.3) is 0 Å². The van der Waals surface area contributed by atoms with Crippen LogP contribution in [0.1, 0.15) is 23.6 Å². The van der Waals surface area contributed by atoms with Crippen molar-refractivity contribution in [2.45, 2.75) is 25.0 Å². The van der Waals surface area contributed by atoms with E-state index in [0.29, 0.717) is 24.1 Å². The molecule has 0 aliphatic carbocycles. The molecule has 0 spiro atoms. The van der Waals surface area contributed by atoms with E-state index >= 15 is 0 Å². The van der Waals surface area contributed by atoms with E-state index < -0.39 is 0 Å². The number of aromatic hydroxyl groups is 1. The number of H-pyrrole nitrogens is 2. The van der Waals surface area contributed by atoms with Crippen LogP contribution in [0.4, 0.5) is 0 Å². The smallest absolute Gasteiger partial charge is 0.323 e. The van der Waals surface area contributed by atoms with Crippen LogP contribution in [0.3, 0.4) is 0 Å². The number of nitrogens with one attached hydrogen (secondary N) is 2. The van der Waals surface area contributed by atoms with Crippen LogP contribution in [0.5, 0.6) is 5.75 Å². The highest BCUT2D eigenvalue weighted by atomic mass is 16.3. The number of hydrogen-bond acceptors (Lipinski definition) is 5. The highest BCUT2D eigenvalue weighted by Crippen LogP contribution is 2.25. The fourth-order valence-corrected chi connectivity index (χ4v) is 4.03. The number of likely N-dealkylation sites (N-methyl/N-ethyl adjacent to an activating group) is 1. The number of fused-ring (bicyclic) bond motifs is 1. The minimum Gasteiger partial charge on any atom is -0.508 e. The number of amides is 1. The molecular formula is C22H26N4O4. The largest absolute Gasteiger partial charge is 0.508 e. The monoisotopic (exact) mass is 410 g/mol. The maximum Gasteiger partial charge on any atom is 0.323 e. The summed E-state index contributed by atoms with van der Waals surface area (Å²) in [7, 11) is 1.78. The zero-order valence-corrected chi connectivity index (χ0v) is 16.8. The Kier molecular flexibility index (Phi) is 5.61. The van der Waals surface area contributed by atoms with E-state index in [1.54, 1.807) is 30.1 Å². The third-order valence-electron chi connectivity index (χ3n) is 5.75. The fraction of sp³-hybridized carbons (Fsp3) is 0.364. The zero-order valence-electron chi connectivity index (χ0n) is 16.8. The summed E-state index contributed by atoms with van der Waals surface area (Å²) in [6.07, 6.45) is 0.604. The van der Waals surface area contributed by atoms with Gasteiger partial charge in [-0.05, 0) is 41.8 Å². The molecule has 3 aromatic rings. The average Bonchev–Trinajstić information content (AvgIpc) is 3.30. The van der Waals surface area contributed by atoms with Crippen LogP contribution in [-0.4, -0.2) is 68.7 Å². The van der Waals surface area contributed by atoms with Gasteiger partial charge in [-0.3, -0.25) is 9.69 Å². The number of benzene rings is 2. The Morgan fingerprint density at radius 3 is 2.63 bits per heavy atom. The Morgan fingerprint density at radius 1 is 1.20 bits per heavy atom. The number of nitrogens with zero attached hydrogens (tertiary/aromatic N) is 2. The van der Waals surface area contributed by atoms with E-state index in [4.69, 9.17) is 0 Å². The molecule has 2 atom stereocenters. The van der Waals surface area contributed by atoms with Crippen LogP contribution >= 0.6 is 0 Å². The molecule has 158 valence electrons. The van der Waals surface area contributed by atoms with Gasteiger partial charge < -0.3 is 25.1 Å². The zero-order chi connectivity index (χ0) is 21.3. The van der Waals surface area contributed by atoms with Crippen LogP contribution in [0.25, 0.3) is 11.0 Å². The van der Waals surface area contributed by atoms with Crippen LogP contribution in [-0.2, 0) is 11.2 Å². The van der Waals surface area contributed by atoms with Gasteiger partial charge in [0.05, 0.1) is 29.6 Å². The van der Waals surface area contributed by atoms with Crippen molar-refractivity contribution in [3.8, 4) is 5.75 Å². The molecule has 2 aromatic carbocycles. The van der Waals surface area contributed by atoms with Crippen molar-refractivity contribution >= 4 is 16.9 Å². The Hall–Kier alpha value is -3.10. The van der Waals surface area contributed by atoms with E-state index in [9.17, 15) is 19.8 Å². The molecule has 0 bridgehead atoms. The first-order valence-corrected chi connectivity index (χ1v) is 10.0. The molecule has 1 amide bonds. The first-order chi connectivity index (χ1) is 14.4. The van der Waals surface area contributed by atoms with E-state index in [1.807, 2.05) is 24.3 Å². The normalized spacial score (nSPS) is 18.0. The number of aliphatic hydroxyl groups is 1. The maximum absolute atomic E-state index is 13.1. The highest BCUT2D eigenvalue weighted by Gasteiger charge is 2.28. The second-order valence-corrected chi connectivity index (χ2v) is 7.95. The summed E-state index contributed by atoms with van der Waals surface area (Å²) in [4.78, 5) is 33.9. The molecule has 0 unspecified atom stereocenters. The van der Waals surface area contributed by atoms with Gasteiger partial charge in [0.2, 0.25) is 5.91 Å². The standard InChI is InChI=1S/C22H26N4O4/c1-25(21(29)11-14-2-7-18-19(10-14)24-22(30)23-18)20(13-26-9-8-17(28)12-26)15-3-5-16(27)6-4-15/h2-7,10,17,20,27-28H,8-9,11-13H2,1H3,(H2,23,24,30)/t17-,20+/m0/s1. The van der Waals surface area contributed by atoms with Crippen LogP contribution < -0.4 is 5.69 Å². The van der Waals surface area contributed by atoms with Crippen LogP contribution in [0, 0.1) is 0 Å². The second-order valence-electron chi connectivity index (χ2n) is 7.95. The fourth-order valence-electron chi connectivity index (χ4n) is 4.03. The third kappa shape index (κ3) is 4.39. The number of phenolic OH excluding ortho intramolecular Hbond substituents is 1. The van der Waals surface area contributed by atoms with Crippen molar-refractivity contribution in [2.24, 2.45) is 0 Å². The van der Waals surface area contributed by atoms with E-state index in [0.717, 1.165) is 24.1 Å². The van der Waals surface area contributed by atoms with Crippen molar-refractivity contribution in [1.29, 1.82) is 0 Å². The molecule has 1 aromatic heterocycles. The molecule has 8 heteroatoms. The number of rotatable bonds is 6. The third-order valence-corrected chi connectivity index (χ3v) is 5.75. The van der Waals surface area contributed by atoms with E-state index in [-0.39, 0.29) is 35.9 Å². The summed E-state index contributed by atoms with van der Waals surface area (Å²) >= 11 is 0. The molecule has 1 saturated heterocycles. The summed E-state index contributed by atoms with van der Waals surface area (Å²) in [6, 6.07) is 12.1. The summed E-state index contributed by atoms with van der Waals surface area (Å²) in [6.45, 7) is 1.98. The van der Waals surface area contributed by atoms with E-state index in [2.05, 4.69) is 14.9 Å². The predicted octanol–water partition coefficient (Wildman–Crippen LogP) is 1.37. The molecule has 0 saturated carbocycles. The number of β-amino-alcohol motifs (C(OH)–C–C–N with tert-alkyl or cyclic N) is 1. The first-order valence-electron chi connectivity index (χ1n) is 10.0. The number of aromatic nitrogens is 2. The van der Waals surface area contributed by atoms with Crippen molar-refractivity contribution in [1.82, 2.24) is 19.8 Å². The molecule has 4 rings (SSSR count). The van der Waals surface area contributed by atoms with Crippen molar-refractivity contribution < 1.29 is 15.0 Å². The molecule has 1 fully saturated rings. The lowest BCUT2D eigenvalue weighted by atomic mass is 10.0. The van der Waals surface area contributed by atoms with E-state index in [1.165, 1.54) is 0 Å². The van der Waals surface area contributed by atoms with Crippen molar-refractivity contribution in [3.63, 3.8) is 0 Å². The number of likely N-dealkylation sites (tertiary alicyclic amines) is 1. The Labute approximate surface area is 173 Å². The molecule has 30 heavy (non-hydrogen) atoms. The highest BCUT2D eigenvalue weighted by molar-refractivity contribution is 5.81. The quantitative estimate of drug-likeness (QED) is 0.490.